The molecule has 0 atom stereocenters. The van der Waals surface area contributed by atoms with Crippen LogP contribution in [0.5, 0.6) is 5.75 Å². The summed E-state index contributed by atoms with van der Waals surface area (Å²) < 4.78 is 5.11. The van der Waals surface area contributed by atoms with Crippen molar-refractivity contribution in [3.05, 3.63) is 54.1 Å². The van der Waals surface area contributed by atoms with Gasteiger partial charge in [0.15, 0.2) is 0 Å². The van der Waals surface area contributed by atoms with Crippen molar-refractivity contribution in [2.24, 2.45) is 5.73 Å². The molecule has 2 amide bonds. The zero-order valence-corrected chi connectivity index (χ0v) is 15.7. The van der Waals surface area contributed by atoms with E-state index in [-0.39, 0.29) is 11.8 Å². The molecule has 144 valence electrons. The van der Waals surface area contributed by atoms with Crippen molar-refractivity contribution in [1.82, 2.24) is 0 Å². The highest BCUT2D eigenvalue weighted by atomic mass is 16.5. The lowest BCUT2D eigenvalue weighted by atomic mass is 10.1. The van der Waals surface area contributed by atoms with Crippen LogP contribution < -0.4 is 21.1 Å². The maximum absolute atomic E-state index is 12.6. The Morgan fingerprint density at radius 2 is 1.63 bits per heavy atom. The molecule has 0 heterocycles. The van der Waals surface area contributed by atoms with Crippen molar-refractivity contribution in [2.45, 2.75) is 32.1 Å². The molecular formula is C21H27N3O3. The number of hydrogen-bond acceptors (Lipinski definition) is 4. The fourth-order valence-corrected chi connectivity index (χ4v) is 2.66. The van der Waals surface area contributed by atoms with Crippen molar-refractivity contribution in [3.8, 4) is 5.75 Å². The summed E-state index contributed by atoms with van der Waals surface area (Å²) in [7, 11) is 1.59. The van der Waals surface area contributed by atoms with Crippen LogP contribution in [0.1, 0.15) is 42.5 Å². The largest absolute Gasteiger partial charge is 0.497 e. The molecule has 0 aliphatic rings. The molecule has 0 radical (unpaired) electrons. The molecular weight excluding hydrogens is 342 g/mol. The summed E-state index contributed by atoms with van der Waals surface area (Å²) in [5.74, 6) is 0.346. The molecule has 0 aliphatic heterocycles. The van der Waals surface area contributed by atoms with Gasteiger partial charge in [-0.05, 0) is 55.8 Å². The summed E-state index contributed by atoms with van der Waals surface area (Å²) >= 11 is 0. The summed E-state index contributed by atoms with van der Waals surface area (Å²) in [4.78, 5) is 24.8. The molecule has 6 heteroatoms. The molecule has 2 rings (SSSR count). The number of carbonyl (C=O) groups excluding carboxylic acids is 2. The number of nitrogens with one attached hydrogen (secondary N) is 2. The van der Waals surface area contributed by atoms with Crippen molar-refractivity contribution < 1.29 is 14.3 Å². The van der Waals surface area contributed by atoms with Crippen molar-refractivity contribution in [1.29, 1.82) is 0 Å². The maximum Gasteiger partial charge on any atom is 0.257 e. The molecule has 0 spiro atoms. The molecule has 2 aromatic carbocycles. The summed E-state index contributed by atoms with van der Waals surface area (Å²) in [6.07, 6.45) is 4.23. The third kappa shape index (κ3) is 6.75. The van der Waals surface area contributed by atoms with E-state index < -0.39 is 0 Å². The van der Waals surface area contributed by atoms with E-state index in [9.17, 15) is 9.59 Å². The van der Waals surface area contributed by atoms with E-state index in [2.05, 4.69) is 10.6 Å². The van der Waals surface area contributed by atoms with Crippen LogP contribution in [0.15, 0.2) is 48.5 Å². The third-order valence-corrected chi connectivity index (χ3v) is 4.15. The fraction of sp³-hybridized carbons (Fsp3) is 0.333. The lowest BCUT2D eigenvalue weighted by Crippen LogP contribution is -2.18. The Hall–Kier alpha value is -2.86. The van der Waals surface area contributed by atoms with Crippen LogP contribution in [-0.2, 0) is 4.79 Å². The van der Waals surface area contributed by atoms with Crippen LogP contribution in [0, 0.1) is 0 Å². The minimum absolute atomic E-state index is 0.0903. The number of methoxy groups -OCH3 is 1. The minimum Gasteiger partial charge on any atom is -0.497 e. The molecule has 0 fully saturated rings. The molecule has 0 saturated carbocycles. The lowest BCUT2D eigenvalue weighted by molar-refractivity contribution is -0.116. The highest BCUT2D eigenvalue weighted by Gasteiger charge is 2.13. The number of para-hydroxylation sites is 1. The molecule has 0 saturated heterocycles. The predicted molar refractivity (Wildman–Crippen MR) is 108 cm³/mol. The molecule has 27 heavy (non-hydrogen) atoms. The van der Waals surface area contributed by atoms with Crippen molar-refractivity contribution in [3.63, 3.8) is 0 Å². The maximum atomic E-state index is 12.6. The second kappa shape index (κ2) is 11.0. The Bertz CT molecular complexity index is 745. The number of anilines is 2. The minimum atomic E-state index is -0.279. The number of benzene rings is 2. The number of rotatable bonds is 10. The number of nitrogens with two attached hydrogens (primary N) is 1. The Morgan fingerprint density at radius 3 is 2.33 bits per heavy atom. The van der Waals surface area contributed by atoms with Crippen LogP contribution in [-0.4, -0.2) is 25.5 Å². The van der Waals surface area contributed by atoms with Gasteiger partial charge in [-0.15, -0.1) is 0 Å². The zero-order chi connectivity index (χ0) is 19.5. The zero-order valence-electron chi connectivity index (χ0n) is 15.7. The summed E-state index contributed by atoms with van der Waals surface area (Å²) in [5.41, 5.74) is 7.05. The van der Waals surface area contributed by atoms with Gasteiger partial charge < -0.3 is 21.1 Å². The summed E-state index contributed by atoms with van der Waals surface area (Å²) in [6, 6.07) is 14.1. The van der Waals surface area contributed by atoms with Gasteiger partial charge in [-0.2, -0.15) is 0 Å². The van der Waals surface area contributed by atoms with Gasteiger partial charge in [0.25, 0.3) is 5.91 Å². The highest BCUT2D eigenvalue weighted by Crippen LogP contribution is 2.20. The fourth-order valence-electron chi connectivity index (χ4n) is 2.66. The monoisotopic (exact) mass is 369 g/mol. The van der Waals surface area contributed by atoms with Gasteiger partial charge in [0.1, 0.15) is 5.75 Å². The first kappa shape index (κ1) is 20.5. The van der Waals surface area contributed by atoms with Crippen LogP contribution in [0.3, 0.4) is 0 Å². The normalized spacial score (nSPS) is 10.3. The number of hydrogen-bond donors (Lipinski definition) is 3. The van der Waals surface area contributed by atoms with E-state index in [0.717, 1.165) is 25.7 Å². The van der Waals surface area contributed by atoms with Gasteiger partial charge in [0.2, 0.25) is 5.91 Å². The Labute approximate surface area is 160 Å². The number of ether oxygens (including phenoxy) is 1. The van der Waals surface area contributed by atoms with Gasteiger partial charge >= 0.3 is 0 Å². The topological polar surface area (TPSA) is 93.5 Å². The van der Waals surface area contributed by atoms with Crippen molar-refractivity contribution in [2.75, 3.05) is 24.3 Å². The van der Waals surface area contributed by atoms with Crippen LogP contribution in [0.25, 0.3) is 0 Å². The molecule has 0 unspecified atom stereocenters. The average Bonchev–Trinajstić information content (AvgIpc) is 2.68. The van der Waals surface area contributed by atoms with Gasteiger partial charge in [0, 0.05) is 12.1 Å². The smallest absolute Gasteiger partial charge is 0.257 e. The third-order valence-electron chi connectivity index (χ3n) is 4.15. The van der Waals surface area contributed by atoms with Crippen LogP contribution in [0.4, 0.5) is 11.4 Å². The van der Waals surface area contributed by atoms with E-state index in [4.69, 9.17) is 10.5 Å². The second-order valence-electron chi connectivity index (χ2n) is 6.23. The average molecular weight is 369 g/mol. The highest BCUT2D eigenvalue weighted by molar-refractivity contribution is 6.10. The molecule has 0 aliphatic carbocycles. The number of carbonyl (C=O) groups is 2. The Morgan fingerprint density at radius 1 is 0.926 bits per heavy atom. The van der Waals surface area contributed by atoms with Crippen LogP contribution in [0.2, 0.25) is 0 Å². The molecule has 4 N–H and O–H groups in total. The summed E-state index contributed by atoms with van der Waals surface area (Å²) in [5, 5.41) is 5.67. The van der Waals surface area contributed by atoms with E-state index in [1.54, 1.807) is 55.6 Å². The first-order chi connectivity index (χ1) is 13.1. The van der Waals surface area contributed by atoms with Gasteiger partial charge in [-0.25, -0.2) is 0 Å². The Balaban J connectivity index is 1.95. The standard InChI is InChI=1S/C21H27N3O3/c1-27-17-13-11-16(12-14-17)23-21(26)18-8-5-6-9-19(18)24-20(25)10-4-2-3-7-15-22/h5-6,8-9,11-14H,2-4,7,10,15,22H2,1H3,(H,23,26)(H,24,25). The van der Waals surface area contributed by atoms with E-state index in [0.29, 0.717) is 35.7 Å². The van der Waals surface area contributed by atoms with Crippen molar-refractivity contribution >= 4 is 23.2 Å². The molecule has 6 nitrogen and oxygen atoms in total. The Kier molecular flexibility index (Phi) is 8.32. The van der Waals surface area contributed by atoms with Gasteiger partial charge in [0.05, 0.1) is 18.4 Å². The first-order valence-corrected chi connectivity index (χ1v) is 9.18. The molecule has 0 bridgehead atoms. The SMILES string of the molecule is COc1ccc(NC(=O)c2ccccc2NC(=O)CCCCCCN)cc1. The quantitative estimate of drug-likeness (QED) is 0.555. The van der Waals surface area contributed by atoms with Gasteiger partial charge in [-0.1, -0.05) is 25.0 Å². The number of amides is 2. The molecule has 2 aromatic rings. The number of unbranched alkanes of at least 4 members (excludes halogenated alkanes) is 3. The molecule has 0 aromatic heterocycles. The first-order valence-electron chi connectivity index (χ1n) is 9.18. The van der Waals surface area contributed by atoms with E-state index >= 15 is 0 Å². The van der Waals surface area contributed by atoms with E-state index in [1.807, 2.05) is 0 Å². The van der Waals surface area contributed by atoms with E-state index in [1.165, 1.54) is 0 Å². The predicted octanol–water partition coefficient (Wildman–Crippen LogP) is 3.80. The lowest BCUT2D eigenvalue weighted by Gasteiger charge is -2.12. The van der Waals surface area contributed by atoms with Gasteiger partial charge in [-0.3, -0.25) is 9.59 Å². The van der Waals surface area contributed by atoms with Crippen LogP contribution >= 0.6 is 0 Å². The summed E-state index contributed by atoms with van der Waals surface area (Å²) in [6.45, 7) is 0.683. The second-order valence-corrected chi connectivity index (χ2v) is 6.23.